The minimum atomic E-state index is -1.21. The SMILES string of the molecule is CCCCCCOc1ccc(-c2ccc(C3CCC4C(CCCCC)CCC34)c(F)c2F)c(F)c1F. The topological polar surface area (TPSA) is 9.23 Å². The van der Waals surface area contributed by atoms with E-state index in [2.05, 4.69) is 13.8 Å². The van der Waals surface area contributed by atoms with Gasteiger partial charge in [-0.05, 0) is 73.5 Å². The zero-order valence-electron chi connectivity index (χ0n) is 21.7. The molecule has 36 heavy (non-hydrogen) atoms. The van der Waals surface area contributed by atoms with E-state index in [4.69, 9.17) is 4.74 Å². The Morgan fingerprint density at radius 2 is 1.33 bits per heavy atom. The lowest BCUT2D eigenvalue weighted by molar-refractivity contribution is 0.285. The molecule has 2 aliphatic carbocycles. The van der Waals surface area contributed by atoms with E-state index < -0.39 is 23.3 Å². The van der Waals surface area contributed by atoms with E-state index in [9.17, 15) is 8.78 Å². The first-order valence-electron chi connectivity index (χ1n) is 14.1. The minimum Gasteiger partial charge on any atom is -0.490 e. The summed E-state index contributed by atoms with van der Waals surface area (Å²) < 4.78 is 65.6. The van der Waals surface area contributed by atoms with Crippen LogP contribution in [0.1, 0.15) is 102 Å². The minimum absolute atomic E-state index is 0.000192. The fraction of sp³-hybridized carbons (Fsp3) is 0.613. The second kappa shape index (κ2) is 12.5. The Bertz CT molecular complexity index is 1020. The average molecular weight is 505 g/mol. The molecule has 2 aliphatic rings. The molecule has 0 amide bonds. The van der Waals surface area contributed by atoms with Crippen molar-refractivity contribution in [3.63, 3.8) is 0 Å². The molecule has 0 aromatic heterocycles. The lowest BCUT2D eigenvalue weighted by Crippen LogP contribution is -2.14. The van der Waals surface area contributed by atoms with Crippen LogP contribution < -0.4 is 4.74 Å². The summed E-state index contributed by atoms with van der Waals surface area (Å²) in [6.07, 6.45) is 12.9. The number of rotatable bonds is 12. The van der Waals surface area contributed by atoms with Gasteiger partial charge in [-0.25, -0.2) is 13.2 Å². The number of ether oxygens (including phenoxy) is 1. The molecule has 2 fully saturated rings. The van der Waals surface area contributed by atoms with Crippen molar-refractivity contribution >= 4 is 0 Å². The maximum Gasteiger partial charge on any atom is 0.201 e. The Hall–Kier alpha value is -2.04. The first kappa shape index (κ1) is 27.0. The normalized spacial score (nSPS) is 23.3. The van der Waals surface area contributed by atoms with Crippen LogP contribution in [-0.2, 0) is 0 Å². The maximum atomic E-state index is 15.4. The third kappa shape index (κ3) is 5.60. The lowest BCUT2D eigenvalue weighted by Gasteiger charge is -2.22. The zero-order chi connectivity index (χ0) is 25.7. The maximum absolute atomic E-state index is 15.4. The van der Waals surface area contributed by atoms with Gasteiger partial charge in [0.25, 0.3) is 0 Å². The van der Waals surface area contributed by atoms with E-state index in [-0.39, 0.29) is 29.4 Å². The summed E-state index contributed by atoms with van der Waals surface area (Å²) >= 11 is 0. The molecule has 4 rings (SSSR count). The van der Waals surface area contributed by atoms with Crippen LogP contribution in [0.4, 0.5) is 17.6 Å². The highest BCUT2D eigenvalue weighted by Crippen LogP contribution is 2.56. The monoisotopic (exact) mass is 504 g/mol. The summed E-state index contributed by atoms with van der Waals surface area (Å²) in [5, 5.41) is 0. The molecule has 2 saturated carbocycles. The van der Waals surface area contributed by atoms with Crippen molar-refractivity contribution in [1.82, 2.24) is 0 Å². The van der Waals surface area contributed by atoms with Gasteiger partial charge in [0.2, 0.25) is 5.82 Å². The van der Waals surface area contributed by atoms with Crippen molar-refractivity contribution < 1.29 is 22.3 Å². The number of hydrogen-bond acceptors (Lipinski definition) is 1. The first-order chi connectivity index (χ1) is 17.5. The standard InChI is InChI=1S/C31H40F4O/c1-3-5-7-9-19-36-27-18-17-26(30(34)31(27)35)25-16-15-24(28(32)29(25)33)23-14-13-21-20(10-8-6-4-2)11-12-22(21)23/h15-18,20-23H,3-14,19H2,1-2H3. The van der Waals surface area contributed by atoms with Crippen LogP contribution in [0.25, 0.3) is 11.1 Å². The molecule has 4 atom stereocenters. The van der Waals surface area contributed by atoms with Crippen molar-refractivity contribution in [2.45, 2.75) is 96.8 Å². The van der Waals surface area contributed by atoms with E-state index in [1.165, 1.54) is 50.3 Å². The summed E-state index contributed by atoms with van der Waals surface area (Å²) in [4.78, 5) is 0. The fourth-order valence-corrected chi connectivity index (χ4v) is 6.74. The van der Waals surface area contributed by atoms with Crippen LogP contribution in [0.2, 0.25) is 0 Å². The number of halogens is 4. The van der Waals surface area contributed by atoms with Gasteiger partial charge in [0.05, 0.1) is 6.61 Å². The van der Waals surface area contributed by atoms with Gasteiger partial charge >= 0.3 is 0 Å². The van der Waals surface area contributed by atoms with Crippen molar-refractivity contribution in [3.05, 3.63) is 53.1 Å². The Kier molecular flexibility index (Phi) is 9.35. The summed E-state index contributed by atoms with van der Waals surface area (Å²) in [6, 6.07) is 5.59. The fourth-order valence-electron chi connectivity index (χ4n) is 6.74. The predicted molar refractivity (Wildman–Crippen MR) is 137 cm³/mol. The molecule has 198 valence electrons. The molecule has 0 bridgehead atoms. The molecule has 1 nitrogen and oxygen atoms in total. The van der Waals surface area contributed by atoms with Gasteiger partial charge in [0.1, 0.15) is 0 Å². The van der Waals surface area contributed by atoms with Gasteiger partial charge in [-0.1, -0.05) is 70.9 Å². The van der Waals surface area contributed by atoms with Gasteiger partial charge in [0, 0.05) is 11.1 Å². The second-order valence-corrected chi connectivity index (χ2v) is 10.8. The van der Waals surface area contributed by atoms with E-state index in [1.807, 2.05) is 0 Å². The summed E-state index contributed by atoms with van der Waals surface area (Å²) in [7, 11) is 0. The largest absolute Gasteiger partial charge is 0.490 e. The molecule has 0 aliphatic heterocycles. The first-order valence-corrected chi connectivity index (χ1v) is 14.1. The number of hydrogen-bond donors (Lipinski definition) is 0. The van der Waals surface area contributed by atoms with Crippen molar-refractivity contribution in [2.24, 2.45) is 17.8 Å². The van der Waals surface area contributed by atoms with Crippen molar-refractivity contribution in [1.29, 1.82) is 0 Å². The van der Waals surface area contributed by atoms with E-state index in [0.29, 0.717) is 23.3 Å². The van der Waals surface area contributed by atoms with E-state index in [1.54, 1.807) is 6.07 Å². The molecule has 2 aromatic rings. The highest BCUT2D eigenvalue weighted by Gasteiger charge is 2.45. The van der Waals surface area contributed by atoms with Crippen LogP contribution in [0.5, 0.6) is 5.75 Å². The van der Waals surface area contributed by atoms with Crippen LogP contribution in [0.3, 0.4) is 0 Å². The van der Waals surface area contributed by atoms with Crippen molar-refractivity contribution in [3.8, 4) is 16.9 Å². The van der Waals surface area contributed by atoms with Gasteiger partial charge in [-0.3, -0.25) is 0 Å². The van der Waals surface area contributed by atoms with Crippen LogP contribution in [-0.4, -0.2) is 6.61 Å². The number of benzene rings is 2. The molecule has 0 saturated heterocycles. The third-order valence-electron chi connectivity index (χ3n) is 8.64. The number of fused-ring (bicyclic) bond motifs is 1. The van der Waals surface area contributed by atoms with E-state index >= 15 is 8.78 Å². The van der Waals surface area contributed by atoms with Crippen molar-refractivity contribution in [2.75, 3.05) is 6.61 Å². The highest BCUT2D eigenvalue weighted by molar-refractivity contribution is 5.67. The van der Waals surface area contributed by atoms with Crippen LogP contribution in [0, 0.1) is 41.0 Å². The second-order valence-electron chi connectivity index (χ2n) is 10.8. The Labute approximate surface area is 213 Å². The summed E-state index contributed by atoms with van der Waals surface area (Å²) in [6.45, 7) is 4.59. The van der Waals surface area contributed by atoms with E-state index in [0.717, 1.165) is 44.9 Å². The smallest absolute Gasteiger partial charge is 0.201 e. The number of unbranched alkanes of at least 4 members (excludes halogenated alkanes) is 5. The predicted octanol–water partition coefficient (Wildman–Crippen LogP) is 9.97. The molecule has 4 unspecified atom stereocenters. The molecule has 5 heteroatoms. The van der Waals surface area contributed by atoms with Crippen LogP contribution >= 0.6 is 0 Å². The van der Waals surface area contributed by atoms with Gasteiger partial charge < -0.3 is 4.74 Å². The average Bonchev–Trinajstić information content (AvgIpc) is 3.47. The Balaban J connectivity index is 1.49. The summed E-state index contributed by atoms with van der Waals surface area (Å²) in [5.74, 6) is -2.90. The molecular weight excluding hydrogens is 464 g/mol. The molecule has 2 aromatic carbocycles. The molecular formula is C31H40F4O. The molecule has 0 spiro atoms. The van der Waals surface area contributed by atoms with Crippen LogP contribution in [0.15, 0.2) is 24.3 Å². The summed E-state index contributed by atoms with van der Waals surface area (Å²) in [5.41, 5.74) is -0.138. The van der Waals surface area contributed by atoms with Gasteiger partial charge in [-0.15, -0.1) is 0 Å². The zero-order valence-corrected chi connectivity index (χ0v) is 21.7. The molecule has 0 N–H and O–H groups in total. The molecule has 0 heterocycles. The van der Waals surface area contributed by atoms with Gasteiger partial charge in [0.15, 0.2) is 23.2 Å². The van der Waals surface area contributed by atoms with Gasteiger partial charge in [-0.2, -0.15) is 4.39 Å². The Morgan fingerprint density at radius 3 is 2.08 bits per heavy atom. The quantitative estimate of drug-likeness (QED) is 0.206. The lowest BCUT2D eigenvalue weighted by atomic mass is 9.83. The third-order valence-corrected chi connectivity index (χ3v) is 8.64. The Morgan fingerprint density at radius 1 is 0.667 bits per heavy atom. The molecule has 0 radical (unpaired) electrons. The highest BCUT2D eigenvalue weighted by atomic mass is 19.2.